The Bertz CT molecular complexity index is 724. The lowest BCUT2D eigenvalue weighted by atomic mass is 10.1. The summed E-state index contributed by atoms with van der Waals surface area (Å²) in [5.74, 6) is 0.855. The van der Waals surface area contributed by atoms with E-state index in [0.29, 0.717) is 12.1 Å². The molecule has 23 heavy (non-hydrogen) atoms. The molecule has 0 unspecified atom stereocenters. The molecule has 4 rings (SSSR count). The van der Waals surface area contributed by atoms with Crippen LogP contribution < -0.4 is 4.90 Å². The van der Waals surface area contributed by atoms with E-state index in [1.54, 1.807) is 0 Å². The monoisotopic (exact) mass is 305 g/mol. The van der Waals surface area contributed by atoms with E-state index in [2.05, 4.69) is 31.9 Å². The summed E-state index contributed by atoms with van der Waals surface area (Å²) in [6, 6.07) is 13.1. The molecule has 0 bridgehead atoms. The third-order valence-electron chi connectivity index (χ3n) is 4.94. The van der Waals surface area contributed by atoms with Crippen molar-refractivity contribution in [3.63, 3.8) is 0 Å². The average Bonchev–Trinajstić information content (AvgIpc) is 3.19. The maximum absolute atomic E-state index is 9.05. The SMILES string of the molecule is N#Cc1cccc(CN2CC[C@@H]3[C@@H]2CCN3c2ncccn2)c1. The molecule has 1 aromatic heterocycles. The van der Waals surface area contributed by atoms with Gasteiger partial charge in [0.2, 0.25) is 5.95 Å². The standard InChI is InChI=1S/C18H19N5/c19-12-14-3-1-4-15(11-14)13-22-9-5-17-16(22)6-10-23(17)18-20-7-2-8-21-18/h1-4,7-8,11,16-17H,5-6,9-10,13H2/t16-,17+/m0/s1. The molecule has 0 radical (unpaired) electrons. The fourth-order valence-electron chi connectivity index (χ4n) is 3.93. The van der Waals surface area contributed by atoms with Gasteiger partial charge in [0, 0.05) is 44.1 Å². The Hall–Kier alpha value is -2.45. The van der Waals surface area contributed by atoms with Gasteiger partial charge in [-0.2, -0.15) is 5.26 Å². The summed E-state index contributed by atoms with van der Waals surface area (Å²) in [6.45, 7) is 3.03. The van der Waals surface area contributed by atoms with Gasteiger partial charge < -0.3 is 4.90 Å². The van der Waals surface area contributed by atoms with Gasteiger partial charge in [-0.3, -0.25) is 4.90 Å². The van der Waals surface area contributed by atoms with Crippen LogP contribution in [0, 0.1) is 11.3 Å². The second-order valence-electron chi connectivity index (χ2n) is 6.24. The number of likely N-dealkylation sites (tertiary alicyclic amines) is 1. The third-order valence-corrected chi connectivity index (χ3v) is 4.94. The van der Waals surface area contributed by atoms with Crippen molar-refractivity contribution in [3.8, 4) is 6.07 Å². The van der Waals surface area contributed by atoms with Crippen molar-refractivity contribution in [2.45, 2.75) is 31.5 Å². The highest BCUT2D eigenvalue weighted by Crippen LogP contribution is 2.34. The summed E-state index contributed by atoms with van der Waals surface area (Å²) in [7, 11) is 0. The maximum Gasteiger partial charge on any atom is 0.225 e. The summed E-state index contributed by atoms with van der Waals surface area (Å²) in [6.07, 6.45) is 5.94. The molecule has 5 heteroatoms. The van der Waals surface area contributed by atoms with Crippen molar-refractivity contribution in [2.24, 2.45) is 0 Å². The van der Waals surface area contributed by atoms with Crippen LogP contribution in [0.2, 0.25) is 0 Å². The smallest absolute Gasteiger partial charge is 0.225 e. The lowest BCUT2D eigenvalue weighted by molar-refractivity contribution is 0.246. The first kappa shape index (κ1) is 14.2. The fourth-order valence-corrected chi connectivity index (χ4v) is 3.93. The van der Waals surface area contributed by atoms with E-state index in [0.717, 1.165) is 44.0 Å². The summed E-state index contributed by atoms with van der Waals surface area (Å²) in [5, 5.41) is 9.05. The molecule has 0 saturated carbocycles. The second kappa shape index (κ2) is 5.98. The predicted molar refractivity (Wildman–Crippen MR) is 87.8 cm³/mol. The number of hydrogen-bond donors (Lipinski definition) is 0. The molecule has 1 aromatic carbocycles. The van der Waals surface area contributed by atoms with Crippen LogP contribution in [0.25, 0.3) is 0 Å². The number of hydrogen-bond acceptors (Lipinski definition) is 5. The van der Waals surface area contributed by atoms with Crippen molar-refractivity contribution in [1.29, 1.82) is 5.26 Å². The number of nitrogens with zero attached hydrogens (tertiary/aromatic N) is 5. The summed E-state index contributed by atoms with van der Waals surface area (Å²) in [4.78, 5) is 13.7. The quantitative estimate of drug-likeness (QED) is 0.870. The van der Waals surface area contributed by atoms with Crippen LogP contribution >= 0.6 is 0 Å². The van der Waals surface area contributed by atoms with Gasteiger partial charge in [-0.15, -0.1) is 0 Å². The van der Waals surface area contributed by atoms with Gasteiger partial charge in [0.25, 0.3) is 0 Å². The van der Waals surface area contributed by atoms with Crippen LogP contribution in [0.5, 0.6) is 0 Å². The van der Waals surface area contributed by atoms with Crippen molar-refractivity contribution in [3.05, 3.63) is 53.9 Å². The van der Waals surface area contributed by atoms with Gasteiger partial charge in [-0.1, -0.05) is 12.1 Å². The first-order valence-electron chi connectivity index (χ1n) is 8.12. The van der Waals surface area contributed by atoms with Gasteiger partial charge >= 0.3 is 0 Å². The van der Waals surface area contributed by atoms with Crippen LogP contribution in [-0.2, 0) is 6.54 Å². The van der Waals surface area contributed by atoms with Crippen molar-refractivity contribution < 1.29 is 0 Å². The summed E-state index contributed by atoms with van der Waals surface area (Å²) >= 11 is 0. The first-order valence-corrected chi connectivity index (χ1v) is 8.12. The summed E-state index contributed by atoms with van der Waals surface area (Å²) < 4.78 is 0. The van der Waals surface area contributed by atoms with E-state index in [1.165, 1.54) is 5.56 Å². The van der Waals surface area contributed by atoms with E-state index in [4.69, 9.17) is 5.26 Å². The zero-order valence-electron chi connectivity index (χ0n) is 13.0. The Labute approximate surface area is 136 Å². The van der Waals surface area contributed by atoms with E-state index in [1.807, 2.05) is 36.7 Å². The van der Waals surface area contributed by atoms with Crippen LogP contribution in [-0.4, -0.2) is 40.0 Å². The number of aromatic nitrogens is 2. The molecule has 0 aliphatic carbocycles. The lowest BCUT2D eigenvalue weighted by Crippen LogP contribution is -2.37. The topological polar surface area (TPSA) is 56.1 Å². The Morgan fingerprint density at radius 2 is 1.91 bits per heavy atom. The molecule has 2 fully saturated rings. The van der Waals surface area contributed by atoms with Crippen LogP contribution in [0.4, 0.5) is 5.95 Å². The number of benzene rings is 1. The van der Waals surface area contributed by atoms with Gasteiger partial charge in [0.05, 0.1) is 11.6 Å². The zero-order chi connectivity index (χ0) is 15.6. The average molecular weight is 305 g/mol. The largest absolute Gasteiger partial charge is 0.336 e. The molecule has 0 amide bonds. The van der Waals surface area contributed by atoms with Gasteiger partial charge in [-0.05, 0) is 36.6 Å². The molecule has 0 spiro atoms. The molecule has 2 saturated heterocycles. The van der Waals surface area contributed by atoms with Crippen LogP contribution in [0.3, 0.4) is 0 Å². The van der Waals surface area contributed by atoms with E-state index < -0.39 is 0 Å². The predicted octanol–water partition coefficient (Wildman–Crippen LogP) is 2.20. The lowest BCUT2D eigenvalue weighted by Gasteiger charge is -2.25. The molecule has 2 aromatic rings. The van der Waals surface area contributed by atoms with Gasteiger partial charge in [0.1, 0.15) is 0 Å². The normalized spacial score (nSPS) is 23.7. The van der Waals surface area contributed by atoms with E-state index in [9.17, 15) is 0 Å². The van der Waals surface area contributed by atoms with E-state index >= 15 is 0 Å². The van der Waals surface area contributed by atoms with Crippen LogP contribution in [0.15, 0.2) is 42.7 Å². The van der Waals surface area contributed by atoms with Gasteiger partial charge in [0.15, 0.2) is 0 Å². The Kier molecular flexibility index (Phi) is 3.68. The third kappa shape index (κ3) is 2.66. The number of fused-ring (bicyclic) bond motifs is 1. The van der Waals surface area contributed by atoms with Crippen LogP contribution in [0.1, 0.15) is 24.0 Å². The Morgan fingerprint density at radius 3 is 2.74 bits per heavy atom. The molecule has 2 aliphatic heterocycles. The molecule has 116 valence electrons. The molecular formula is C18H19N5. The molecule has 5 nitrogen and oxygen atoms in total. The van der Waals surface area contributed by atoms with Gasteiger partial charge in [-0.25, -0.2) is 9.97 Å². The first-order chi connectivity index (χ1) is 11.3. The van der Waals surface area contributed by atoms with E-state index in [-0.39, 0.29) is 0 Å². The highest BCUT2D eigenvalue weighted by molar-refractivity contribution is 5.36. The Balaban J connectivity index is 1.49. The maximum atomic E-state index is 9.05. The molecule has 3 heterocycles. The molecule has 2 atom stereocenters. The van der Waals surface area contributed by atoms with Crippen molar-refractivity contribution in [2.75, 3.05) is 18.0 Å². The molecular weight excluding hydrogens is 286 g/mol. The summed E-state index contributed by atoms with van der Waals surface area (Å²) in [5.41, 5.74) is 1.96. The number of nitriles is 1. The Morgan fingerprint density at radius 1 is 1.09 bits per heavy atom. The fraction of sp³-hybridized carbons (Fsp3) is 0.389. The molecule has 2 aliphatic rings. The second-order valence-corrected chi connectivity index (χ2v) is 6.24. The highest BCUT2D eigenvalue weighted by atomic mass is 15.4. The number of rotatable bonds is 3. The molecule has 0 N–H and O–H groups in total. The highest BCUT2D eigenvalue weighted by Gasteiger charge is 2.43. The minimum atomic E-state index is 0.511. The van der Waals surface area contributed by atoms with Crippen molar-refractivity contribution >= 4 is 5.95 Å². The zero-order valence-corrected chi connectivity index (χ0v) is 13.0. The minimum absolute atomic E-state index is 0.511. The minimum Gasteiger partial charge on any atom is -0.336 e. The van der Waals surface area contributed by atoms with Crippen molar-refractivity contribution in [1.82, 2.24) is 14.9 Å². The number of anilines is 1.